The summed E-state index contributed by atoms with van der Waals surface area (Å²) < 4.78 is 1.98. The van der Waals surface area contributed by atoms with Crippen LogP contribution in [0.3, 0.4) is 0 Å². The van der Waals surface area contributed by atoms with Crippen molar-refractivity contribution in [2.24, 2.45) is 0 Å². The summed E-state index contributed by atoms with van der Waals surface area (Å²) >= 11 is 6.27. The van der Waals surface area contributed by atoms with E-state index in [-0.39, 0.29) is 5.54 Å². The average molecular weight is 307 g/mol. The number of benzene rings is 1. The summed E-state index contributed by atoms with van der Waals surface area (Å²) in [6, 6.07) is 6.00. The molecule has 0 saturated heterocycles. The van der Waals surface area contributed by atoms with Crippen molar-refractivity contribution >= 4 is 23.0 Å². The normalized spacial score (nSPS) is 11.5. The number of hydrogen-bond donors (Lipinski definition) is 1. The fraction of sp³-hybridized carbons (Fsp3) is 0.438. The molecule has 2 aromatic rings. The Morgan fingerprint density at radius 2 is 2.00 bits per heavy atom. The molecule has 0 amide bonds. The van der Waals surface area contributed by atoms with Gasteiger partial charge in [-0.25, -0.2) is 0 Å². The monoisotopic (exact) mass is 306 g/mol. The molecule has 1 aromatic heterocycles. The molecule has 0 aliphatic heterocycles. The van der Waals surface area contributed by atoms with Gasteiger partial charge in [-0.15, -0.1) is 0 Å². The molecule has 0 aliphatic rings. The maximum absolute atomic E-state index is 6.27. The Morgan fingerprint density at radius 3 is 2.52 bits per heavy atom. The third-order valence-corrected chi connectivity index (χ3v) is 3.55. The zero-order chi connectivity index (χ0) is 15.6. The first-order valence-electron chi connectivity index (χ1n) is 7.02. The molecular formula is C16H23ClN4. The van der Waals surface area contributed by atoms with E-state index in [1.807, 2.05) is 48.1 Å². The molecule has 114 valence electrons. The van der Waals surface area contributed by atoms with Crippen LogP contribution in [0.5, 0.6) is 0 Å². The van der Waals surface area contributed by atoms with E-state index < -0.39 is 0 Å². The van der Waals surface area contributed by atoms with Crippen molar-refractivity contribution in [3.63, 3.8) is 0 Å². The van der Waals surface area contributed by atoms with E-state index in [9.17, 15) is 0 Å². The van der Waals surface area contributed by atoms with Gasteiger partial charge in [0.2, 0.25) is 0 Å². The lowest BCUT2D eigenvalue weighted by Crippen LogP contribution is -2.21. The van der Waals surface area contributed by atoms with Crippen LogP contribution >= 0.6 is 11.6 Å². The summed E-state index contributed by atoms with van der Waals surface area (Å²) in [5, 5.41) is 8.52. The van der Waals surface area contributed by atoms with Crippen molar-refractivity contribution in [1.29, 1.82) is 0 Å². The van der Waals surface area contributed by atoms with Crippen LogP contribution in [0.25, 0.3) is 0 Å². The van der Waals surface area contributed by atoms with Gasteiger partial charge >= 0.3 is 0 Å². The SMILES string of the molecule is CN(C)c1ccc(NCc2cnn(C(C)(C)C)c2)cc1Cl. The Bertz CT molecular complexity index is 611. The van der Waals surface area contributed by atoms with Crippen LogP contribution in [0.2, 0.25) is 5.02 Å². The summed E-state index contributed by atoms with van der Waals surface area (Å²) in [6.45, 7) is 7.14. The second-order valence-electron chi connectivity index (χ2n) is 6.38. The van der Waals surface area contributed by atoms with E-state index in [0.29, 0.717) is 0 Å². The van der Waals surface area contributed by atoms with Gasteiger partial charge in [-0.3, -0.25) is 4.68 Å². The van der Waals surface area contributed by atoms with E-state index in [1.165, 1.54) is 0 Å². The predicted octanol–water partition coefficient (Wildman–Crippen LogP) is 3.97. The van der Waals surface area contributed by atoms with Gasteiger partial charge in [-0.2, -0.15) is 5.10 Å². The highest BCUT2D eigenvalue weighted by atomic mass is 35.5. The minimum absolute atomic E-state index is 0.00885. The quantitative estimate of drug-likeness (QED) is 0.928. The summed E-state index contributed by atoms with van der Waals surface area (Å²) in [6.07, 6.45) is 3.97. The van der Waals surface area contributed by atoms with Gasteiger partial charge in [-0.1, -0.05) is 11.6 Å². The summed E-state index contributed by atoms with van der Waals surface area (Å²) in [5.74, 6) is 0. The molecule has 5 heteroatoms. The molecule has 0 bridgehead atoms. The number of halogens is 1. The van der Waals surface area contributed by atoms with Crippen molar-refractivity contribution in [2.45, 2.75) is 32.9 Å². The fourth-order valence-corrected chi connectivity index (χ4v) is 2.35. The second-order valence-corrected chi connectivity index (χ2v) is 6.79. The minimum Gasteiger partial charge on any atom is -0.381 e. The highest BCUT2D eigenvalue weighted by Gasteiger charge is 2.13. The molecule has 1 N–H and O–H groups in total. The first kappa shape index (κ1) is 15.7. The summed E-state index contributed by atoms with van der Waals surface area (Å²) in [7, 11) is 3.96. The molecule has 0 unspecified atom stereocenters. The fourth-order valence-electron chi connectivity index (χ4n) is 2.00. The lowest BCUT2D eigenvalue weighted by atomic mass is 10.1. The van der Waals surface area contributed by atoms with Gasteiger partial charge in [0.15, 0.2) is 0 Å². The second kappa shape index (κ2) is 5.98. The molecule has 0 radical (unpaired) electrons. The minimum atomic E-state index is 0.00885. The zero-order valence-corrected chi connectivity index (χ0v) is 14.1. The molecule has 21 heavy (non-hydrogen) atoms. The van der Waals surface area contributed by atoms with Gasteiger partial charge in [0.25, 0.3) is 0 Å². The lowest BCUT2D eigenvalue weighted by molar-refractivity contribution is 0.355. The Labute approximate surface area is 131 Å². The van der Waals surface area contributed by atoms with Crippen molar-refractivity contribution in [2.75, 3.05) is 24.3 Å². The first-order chi connectivity index (χ1) is 9.77. The molecular weight excluding hydrogens is 284 g/mol. The van der Waals surface area contributed by atoms with E-state index in [4.69, 9.17) is 11.6 Å². The van der Waals surface area contributed by atoms with Crippen LogP contribution < -0.4 is 10.2 Å². The van der Waals surface area contributed by atoms with Gasteiger partial charge in [0, 0.05) is 38.1 Å². The van der Waals surface area contributed by atoms with Crippen LogP contribution in [-0.4, -0.2) is 23.9 Å². The van der Waals surface area contributed by atoms with Crippen molar-refractivity contribution < 1.29 is 0 Å². The smallest absolute Gasteiger partial charge is 0.0659 e. The van der Waals surface area contributed by atoms with Crippen LogP contribution in [0.4, 0.5) is 11.4 Å². The molecule has 4 nitrogen and oxygen atoms in total. The number of hydrogen-bond acceptors (Lipinski definition) is 3. The molecule has 0 atom stereocenters. The van der Waals surface area contributed by atoms with E-state index in [0.717, 1.165) is 28.5 Å². The molecule has 1 heterocycles. The number of rotatable bonds is 4. The van der Waals surface area contributed by atoms with Crippen LogP contribution in [0, 0.1) is 0 Å². The summed E-state index contributed by atoms with van der Waals surface area (Å²) in [4.78, 5) is 2.00. The highest BCUT2D eigenvalue weighted by molar-refractivity contribution is 6.33. The standard InChI is InChI=1S/C16H23ClN4/c1-16(2,3)21-11-12(10-19-21)9-18-13-6-7-15(20(4)5)14(17)8-13/h6-8,10-11,18H,9H2,1-5H3. The third-order valence-electron chi connectivity index (χ3n) is 3.25. The number of nitrogens with one attached hydrogen (secondary N) is 1. The van der Waals surface area contributed by atoms with E-state index in [1.54, 1.807) is 0 Å². The van der Waals surface area contributed by atoms with Crippen molar-refractivity contribution in [3.05, 3.63) is 41.2 Å². The Morgan fingerprint density at radius 1 is 1.29 bits per heavy atom. The highest BCUT2D eigenvalue weighted by Crippen LogP contribution is 2.27. The lowest BCUT2D eigenvalue weighted by Gasteiger charge is -2.18. The van der Waals surface area contributed by atoms with Crippen LogP contribution in [-0.2, 0) is 12.1 Å². The van der Waals surface area contributed by atoms with Crippen LogP contribution in [0.1, 0.15) is 26.3 Å². The largest absolute Gasteiger partial charge is 0.381 e. The van der Waals surface area contributed by atoms with Crippen molar-refractivity contribution in [1.82, 2.24) is 9.78 Å². The first-order valence-corrected chi connectivity index (χ1v) is 7.40. The van der Waals surface area contributed by atoms with E-state index in [2.05, 4.69) is 37.4 Å². The average Bonchev–Trinajstić information content (AvgIpc) is 2.84. The number of nitrogens with zero attached hydrogens (tertiary/aromatic N) is 3. The van der Waals surface area contributed by atoms with Crippen molar-refractivity contribution in [3.8, 4) is 0 Å². The van der Waals surface area contributed by atoms with Gasteiger partial charge in [-0.05, 0) is 39.0 Å². The maximum Gasteiger partial charge on any atom is 0.0659 e. The molecule has 1 aromatic carbocycles. The topological polar surface area (TPSA) is 33.1 Å². The molecule has 0 saturated carbocycles. The van der Waals surface area contributed by atoms with Crippen LogP contribution in [0.15, 0.2) is 30.6 Å². The predicted molar refractivity (Wildman–Crippen MR) is 90.3 cm³/mol. The molecule has 0 aliphatic carbocycles. The zero-order valence-electron chi connectivity index (χ0n) is 13.3. The van der Waals surface area contributed by atoms with Gasteiger partial charge < -0.3 is 10.2 Å². The van der Waals surface area contributed by atoms with Gasteiger partial charge in [0.05, 0.1) is 22.4 Å². The van der Waals surface area contributed by atoms with E-state index >= 15 is 0 Å². The summed E-state index contributed by atoms with van der Waals surface area (Å²) in [5.41, 5.74) is 3.18. The Balaban J connectivity index is 2.03. The van der Waals surface area contributed by atoms with Gasteiger partial charge in [0.1, 0.15) is 0 Å². The molecule has 0 spiro atoms. The molecule has 0 fully saturated rings. The maximum atomic E-state index is 6.27. The number of anilines is 2. The third kappa shape index (κ3) is 3.91. The Hall–Kier alpha value is -1.68. The Kier molecular flexibility index (Phi) is 4.47. The molecule has 2 rings (SSSR count). The number of aromatic nitrogens is 2.